The second kappa shape index (κ2) is 13.1. The van der Waals surface area contributed by atoms with E-state index < -0.39 is 44.1 Å². The van der Waals surface area contributed by atoms with Gasteiger partial charge in [0.05, 0.1) is 43.9 Å². The van der Waals surface area contributed by atoms with Crippen LogP contribution in [0.15, 0.2) is 66.4 Å². The van der Waals surface area contributed by atoms with Crippen LogP contribution in [-0.4, -0.2) is 50.3 Å². The lowest BCUT2D eigenvalue weighted by Gasteiger charge is -2.34. The van der Waals surface area contributed by atoms with Gasteiger partial charge in [-0.2, -0.15) is 5.26 Å². The molecule has 0 saturated carbocycles. The van der Waals surface area contributed by atoms with Gasteiger partial charge in [-0.3, -0.25) is 0 Å². The van der Waals surface area contributed by atoms with Crippen LogP contribution in [0, 0.1) is 18.3 Å². The predicted molar refractivity (Wildman–Crippen MR) is 203 cm³/mol. The monoisotopic (exact) mass is 719 g/mol. The summed E-state index contributed by atoms with van der Waals surface area (Å²) in [5.74, 6) is 0.548. The molecule has 3 atom stereocenters. The van der Waals surface area contributed by atoms with Gasteiger partial charge in [-0.1, -0.05) is 55.6 Å². The molecule has 0 fully saturated rings. The summed E-state index contributed by atoms with van der Waals surface area (Å²) < 4.78 is 54.3. The third-order valence-electron chi connectivity index (χ3n) is 9.23. The Balaban J connectivity index is 1.77. The van der Waals surface area contributed by atoms with E-state index in [0.29, 0.717) is 40.8 Å². The molecule has 49 heavy (non-hydrogen) atoms. The number of aromatic nitrogens is 3. The maximum absolute atomic E-state index is 14.4. The van der Waals surface area contributed by atoms with Crippen LogP contribution in [0.3, 0.4) is 0 Å². The van der Waals surface area contributed by atoms with Gasteiger partial charge >= 0.3 is 0 Å². The number of hydrogen-bond acceptors (Lipinski definition) is 6. The summed E-state index contributed by atoms with van der Waals surface area (Å²) >= 11 is 0. The van der Waals surface area contributed by atoms with E-state index in [0.717, 1.165) is 28.3 Å². The lowest BCUT2D eigenvalue weighted by Crippen LogP contribution is -2.48. The van der Waals surface area contributed by atoms with Gasteiger partial charge in [0.1, 0.15) is 22.8 Å². The van der Waals surface area contributed by atoms with Crippen molar-refractivity contribution in [2.24, 2.45) is 0 Å². The molecule has 0 bridgehead atoms. The normalized spacial score (nSPS) is 19.2. The molecule has 2 aromatic heterocycles. The van der Waals surface area contributed by atoms with Crippen LogP contribution < -0.4 is 4.72 Å². The first-order chi connectivity index (χ1) is 22.7. The molecule has 3 unspecified atom stereocenters. The fourth-order valence-corrected chi connectivity index (χ4v) is 9.73. The first kappa shape index (κ1) is 36.9. The summed E-state index contributed by atoms with van der Waals surface area (Å²) in [5.41, 5.74) is 3.67. The maximum Gasteiger partial charge on any atom is 0.248 e. The Hall–Kier alpha value is -3.34. The van der Waals surface area contributed by atoms with Gasteiger partial charge in [0.15, 0.2) is 0 Å². The van der Waals surface area contributed by atoms with Gasteiger partial charge in [0.2, 0.25) is 10.0 Å². The molecule has 2 heterocycles. The molecule has 1 aliphatic rings. The van der Waals surface area contributed by atoms with E-state index in [1.54, 1.807) is 25.3 Å². The van der Waals surface area contributed by atoms with Crippen molar-refractivity contribution in [3.63, 3.8) is 0 Å². The number of imidazole rings is 1. The van der Waals surface area contributed by atoms with Crippen molar-refractivity contribution in [2.45, 2.75) is 102 Å². The summed E-state index contributed by atoms with van der Waals surface area (Å²) in [6.07, 6.45) is 7.67. The maximum atomic E-state index is 14.4. The Morgan fingerprint density at radius 2 is 1.84 bits per heavy atom. The van der Waals surface area contributed by atoms with E-state index in [-0.39, 0.29) is 6.73 Å². The summed E-state index contributed by atoms with van der Waals surface area (Å²) in [7, 11) is -6.83. The Morgan fingerprint density at radius 3 is 2.47 bits per heavy atom. The van der Waals surface area contributed by atoms with Gasteiger partial charge in [0, 0.05) is 26.3 Å². The number of hydrogen-bond donors (Lipinski definition) is 1. The largest absolute Gasteiger partial charge is 0.361 e. The molecule has 0 aliphatic heterocycles. The van der Waals surface area contributed by atoms with Crippen molar-refractivity contribution in [2.75, 3.05) is 6.61 Å². The molecule has 5 rings (SSSR count). The highest BCUT2D eigenvalue weighted by Gasteiger charge is 2.43. The topological polar surface area (TPSA) is 119 Å². The van der Waals surface area contributed by atoms with Crippen molar-refractivity contribution in [1.29, 1.82) is 5.26 Å². The van der Waals surface area contributed by atoms with Crippen molar-refractivity contribution >= 4 is 51.0 Å². The van der Waals surface area contributed by atoms with E-state index in [2.05, 4.69) is 30.4 Å². The molecule has 0 spiro atoms. The smallest absolute Gasteiger partial charge is 0.248 e. The van der Waals surface area contributed by atoms with Crippen LogP contribution in [0.1, 0.15) is 70.5 Å². The molecule has 9 nitrogen and oxygen atoms in total. The molecule has 0 saturated heterocycles. The van der Waals surface area contributed by atoms with E-state index in [9.17, 15) is 17.9 Å². The fraction of sp³-hybridized carbons (Fsp3) is 0.459. The quantitative estimate of drug-likeness (QED) is 0.126. The van der Waals surface area contributed by atoms with Crippen LogP contribution in [0.25, 0.3) is 21.9 Å². The average molecular weight is 720 g/mol. The fourth-order valence-electron chi connectivity index (χ4n) is 6.30. The summed E-state index contributed by atoms with van der Waals surface area (Å²) in [4.78, 5) is 5.12. The first-order valence-electron chi connectivity index (χ1n) is 16.6. The van der Waals surface area contributed by atoms with E-state index in [4.69, 9.17) is 9.72 Å². The van der Waals surface area contributed by atoms with Crippen LogP contribution in [-0.2, 0) is 38.0 Å². The van der Waals surface area contributed by atoms with E-state index in [1.165, 1.54) is 3.97 Å². The zero-order chi connectivity index (χ0) is 36.2. The van der Waals surface area contributed by atoms with Gasteiger partial charge in [-0.05, 0) is 96.3 Å². The molecule has 0 amide bonds. The van der Waals surface area contributed by atoms with E-state index >= 15 is 0 Å². The van der Waals surface area contributed by atoms with Crippen molar-refractivity contribution in [3.8, 4) is 6.07 Å². The Bertz CT molecular complexity index is 2160. The Labute approximate surface area is 294 Å². The molecule has 1 N–H and O–H groups in total. The summed E-state index contributed by atoms with van der Waals surface area (Å²) in [6, 6.07) is 14.3. The molecule has 262 valence electrons. The third kappa shape index (κ3) is 7.01. The highest BCUT2D eigenvalue weighted by atomic mass is 32.2. The Morgan fingerprint density at radius 1 is 1.12 bits per heavy atom. The zero-order valence-electron chi connectivity index (χ0n) is 30.3. The minimum atomic E-state index is -3.90. The van der Waals surface area contributed by atoms with Crippen LogP contribution >= 0.6 is 0 Å². The first-order valence-corrected chi connectivity index (χ1v) is 22.9. The SMILES string of the molecule is CC1=CC(C)(S(=O)(=O)n2ccc3c(C(C)(NS(=O)C(C)(C)C)c4nc5ccc(C#N)cc5n4COCC[Si](C)(C)C)ccc(C)c32)CC=C1. The number of fused-ring (bicyclic) bond motifs is 2. The van der Waals surface area contributed by atoms with Crippen molar-refractivity contribution in [1.82, 2.24) is 18.2 Å². The standard InChI is InChI=1S/C37H49N5O4S2Si/c1-26-12-11-18-36(6,23-26)48(44,45)42-19-17-29-30(15-13-27(2)33(29)42)37(7,40-47(43)35(3,4)5)34-39-31-16-14-28(24-38)22-32(31)41(34)25-46-20-21-49(8,9)10/h11-17,19,22-23,40H,18,20-21,25H2,1-10H3. The van der Waals surface area contributed by atoms with E-state index in [1.807, 2.05) is 88.6 Å². The molecule has 1 aliphatic carbocycles. The highest BCUT2D eigenvalue weighted by molar-refractivity contribution is 7.91. The van der Waals surface area contributed by atoms with Crippen LogP contribution in [0.5, 0.6) is 0 Å². The minimum absolute atomic E-state index is 0.173. The third-order valence-corrected chi connectivity index (χ3v) is 14.9. The second-order valence-corrected chi connectivity index (χ2v) is 25.6. The number of allylic oxidation sites excluding steroid dienone is 3. The molecule has 0 radical (unpaired) electrons. The highest BCUT2D eigenvalue weighted by Crippen LogP contribution is 2.40. The number of aryl methyl sites for hydroxylation is 1. The van der Waals surface area contributed by atoms with Gasteiger partial charge in [-0.25, -0.2) is 26.3 Å². The van der Waals surface area contributed by atoms with Crippen LogP contribution in [0.4, 0.5) is 0 Å². The summed E-state index contributed by atoms with van der Waals surface area (Å²) in [5, 5.41) is 10.5. The van der Waals surface area contributed by atoms with Gasteiger partial charge in [0.25, 0.3) is 0 Å². The minimum Gasteiger partial charge on any atom is -0.361 e. The van der Waals surface area contributed by atoms with Crippen molar-refractivity contribution < 1.29 is 17.4 Å². The molecule has 2 aromatic carbocycles. The number of rotatable bonds is 11. The zero-order valence-corrected chi connectivity index (χ0v) is 33.0. The second-order valence-electron chi connectivity index (χ2n) is 15.8. The molecular weight excluding hydrogens is 671 g/mol. The number of benzene rings is 2. The van der Waals surface area contributed by atoms with Gasteiger partial charge < -0.3 is 9.30 Å². The molecule has 12 heteroatoms. The predicted octanol–water partition coefficient (Wildman–Crippen LogP) is 7.64. The molecule has 4 aromatic rings. The number of nitrogens with one attached hydrogen (secondary N) is 1. The molecular formula is C37H49N5O4S2Si. The lowest BCUT2D eigenvalue weighted by molar-refractivity contribution is 0.0857. The number of ether oxygens (including phenoxy) is 1. The average Bonchev–Trinajstić information content (AvgIpc) is 3.61. The van der Waals surface area contributed by atoms with Crippen LogP contribution in [0.2, 0.25) is 25.7 Å². The summed E-state index contributed by atoms with van der Waals surface area (Å²) in [6.45, 7) is 20.9. The Kier molecular flexibility index (Phi) is 9.86. The van der Waals surface area contributed by atoms with Gasteiger partial charge in [-0.15, -0.1) is 0 Å². The van der Waals surface area contributed by atoms with Crippen molar-refractivity contribution in [3.05, 3.63) is 88.9 Å². The number of nitriles is 1. The number of nitrogens with zero attached hydrogens (tertiary/aromatic N) is 4. The lowest BCUT2D eigenvalue weighted by atomic mass is 9.88.